The number of pyridine rings is 1. The Morgan fingerprint density at radius 3 is 3.04 bits per heavy atom. The average Bonchev–Trinajstić information content (AvgIpc) is 2.67. The zero-order valence-corrected chi connectivity index (χ0v) is 15.1. The van der Waals surface area contributed by atoms with Gasteiger partial charge in [-0.15, -0.1) is 0 Å². The second-order valence-corrected chi connectivity index (χ2v) is 6.68. The Morgan fingerprint density at radius 1 is 1.46 bits per heavy atom. The van der Waals surface area contributed by atoms with Crippen LogP contribution in [-0.4, -0.2) is 61.2 Å². The number of carbonyl (C=O) groups excluding carboxylic acids is 2. The summed E-state index contributed by atoms with van der Waals surface area (Å²) in [5.41, 5.74) is 7.90. The fourth-order valence-corrected chi connectivity index (χ4v) is 3.33. The van der Waals surface area contributed by atoms with E-state index < -0.39 is 0 Å². The number of hydrogen-bond donors (Lipinski definition) is 2. The summed E-state index contributed by atoms with van der Waals surface area (Å²) in [5, 5.41) is 2.55. The van der Waals surface area contributed by atoms with E-state index >= 15 is 0 Å². The van der Waals surface area contributed by atoms with Gasteiger partial charge in [0.1, 0.15) is 12.4 Å². The molecule has 0 aromatic carbocycles. The summed E-state index contributed by atoms with van der Waals surface area (Å²) in [6.45, 7) is 2.25. The molecule has 8 nitrogen and oxygen atoms in total. The molecular formula is C18H26N4O4. The van der Waals surface area contributed by atoms with Gasteiger partial charge < -0.3 is 25.4 Å². The molecule has 1 atom stereocenters. The second kappa shape index (κ2) is 8.46. The van der Waals surface area contributed by atoms with Gasteiger partial charge in [0, 0.05) is 38.9 Å². The number of anilines is 1. The zero-order valence-electron chi connectivity index (χ0n) is 15.1. The molecule has 1 aromatic heterocycles. The number of nitrogen functional groups attached to an aromatic ring is 1. The number of rotatable bonds is 5. The van der Waals surface area contributed by atoms with E-state index in [2.05, 4.69) is 10.3 Å². The highest BCUT2D eigenvalue weighted by Gasteiger charge is 2.24. The highest BCUT2D eigenvalue weighted by atomic mass is 16.5. The molecule has 0 spiro atoms. The minimum atomic E-state index is -0.280. The van der Waals surface area contributed by atoms with Crippen LogP contribution < -0.4 is 11.1 Å². The molecule has 3 rings (SSSR count). The molecule has 0 bridgehead atoms. The van der Waals surface area contributed by atoms with Crippen molar-refractivity contribution in [2.24, 2.45) is 0 Å². The van der Waals surface area contributed by atoms with Crippen molar-refractivity contribution in [3.05, 3.63) is 22.9 Å². The number of aromatic nitrogens is 1. The van der Waals surface area contributed by atoms with Crippen LogP contribution >= 0.6 is 0 Å². The molecule has 0 aliphatic carbocycles. The number of ether oxygens (including phenoxy) is 2. The first kappa shape index (κ1) is 18.6. The van der Waals surface area contributed by atoms with E-state index in [4.69, 9.17) is 15.2 Å². The first-order chi connectivity index (χ1) is 12.6. The van der Waals surface area contributed by atoms with Crippen molar-refractivity contribution in [1.29, 1.82) is 0 Å². The minimum Gasteiger partial charge on any atom is -0.383 e. The fourth-order valence-electron chi connectivity index (χ4n) is 3.33. The summed E-state index contributed by atoms with van der Waals surface area (Å²) in [5.74, 6) is -0.125. The van der Waals surface area contributed by atoms with Gasteiger partial charge in [0.25, 0.3) is 5.91 Å². The number of nitrogens with zero attached hydrogens (tertiary/aromatic N) is 2. The molecule has 142 valence electrons. The van der Waals surface area contributed by atoms with Gasteiger partial charge in [0.05, 0.1) is 18.3 Å². The Hall–Kier alpha value is -2.19. The molecule has 1 fully saturated rings. The first-order valence-electron chi connectivity index (χ1n) is 9.06. The van der Waals surface area contributed by atoms with Crippen LogP contribution in [0.25, 0.3) is 0 Å². The lowest BCUT2D eigenvalue weighted by atomic mass is 10.0. The molecular weight excluding hydrogens is 336 g/mol. The van der Waals surface area contributed by atoms with Crippen molar-refractivity contribution in [2.45, 2.75) is 38.3 Å². The fraction of sp³-hybridized carbons (Fsp3) is 0.611. The van der Waals surface area contributed by atoms with E-state index in [1.807, 2.05) is 0 Å². The predicted molar refractivity (Wildman–Crippen MR) is 95.6 cm³/mol. The van der Waals surface area contributed by atoms with E-state index in [9.17, 15) is 9.59 Å². The highest BCUT2D eigenvalue weighted by molar-refractivity contribution is 5.98. The van der Waals surface area contributed by atoms with Crippen molar-refractivity contribution < 1.29 is 19.1 Å². The summed E-state index contributed by atoms with van der Waals surface area (Å²) < 4.78 is 11.2. The average molecular weight is 362 g/mol. The number of carbonyl (C=O) groups is 2. The molecule has 0 saturated carbocycles. The van der Waals surface area contributed by atoms with Gasteiger partial charge in [0.2, 0.25) is 5.91 Å². The van der Waals surface area contributed by atoms with Gasteiger partial charge in [-0.2, -0.15) is 0 Å². The lowest BCUT2D eigenvalue weighted by Gasteiger charge is -2.29. The molecule has 0 unspecified atom stereocenters. The SMILES string of the molecule is CNC(=O)c1cc2c(nc1N)CCN(C(=O)COC[C@H]1CCCCO1)C2. The van der Waals surface area contributed by atoms with Crippen LogP contribution in [0.4, 0.5) is 5.82 Å². The van der Waals surface area contributed by atoms with Crippen LogP contribution in [0, 0.1) is 0 Å². The van der Waals surface area contributed by atoms with Crippen molar-refractivity contribution in [3.8, 4) is 0 Å². The second-order valence-electron chi connectivity index (χ2n) is 6.68. The van der Waals surface area contributed by atoms with Crippen LogP contribution in [-0.2, 0) is 27.2 Å². The Bertz CT molecular complexity index is 673. The van der Waals surface area contributed by atoms with Crippen molar-refractivity contribution in [1.82, 2.24) is 15.2 Å². The Labute approximate surface area is 153 Å². The standard InChI is InChI=1S/C18H26N4O4/c1-20-18(24)14-8-12-9-22(6-5-15(12)21-17(14)19)16(23)11-25-10-13-4-2-3-7-26-13/h8,13H,2-7,9-11H2,1H3,(H2,19,21)(H,20,24)/t13-/m1/s1. The molecule has 2 aliphatic heterocycles. The predicted octanol–water partition coefficient (Wildman–Crippen LogP) is 0.494. The smallest absolute Gasteiger partial charge is 0.254 e. The molecule has 0 radical (unpaired) electrons. The first-order valence-corrected chi connectivity index (χ1v) is 9.06. The summed E-state index contributed by atoms with van der Waals surface area (Å²) >= 11 is 0. The van der Waals surface area contributed by atoms with Gasteiger partial charge in [0.15, 0.2) is 0 Å². The van der Waals surface area contributed by atoms with E-state index in [0.717, 1.165) is 37.1 Å². The maximum atomic E-state index is 12.4. The molecule has 1 saturated heterocycles. The molecule has 1 aromatic rings. The topological polar surface area (TPSA) is 107 Å². The molecule has 8 heteroatoms. The van der Waals surface area contributed by atoms with Crippen molar-refractivity contribution in [2.75, 3.05) is 39.1 Å². The normalized spacial score (nSPS) is 19.7. The third-order valence-electron chi connectivity index (χ3n) is 4.83. The molecule has 26 heavy (non-hydrogen) atoms. The third-order valence-corrected chi connectivity index (χ3v) is 4.83. The van der Waals surface area contributed by atoms with Gasteiger partial charge in [-0.3, -0.25) is 9.59 Å². The number of fused-ring (bicyclic) bond motifs is 1. The molecule has 3 heterocycles. The number of amides is 2. The van der Waals surface area contributed by atoms with Crippen LogP contribution in [0.15, 0.2) is 6.07 Å². The van der Waals surface area contributed by atoms with E-state index in [1.165, 1.54) is 0 Å². The lowest BCUT2D eigenvalue weighted by molar-refractivity contribution is -0.139. The van der Waals surface area contributed by atoms with Crippen LogP contribution in [0.3, 0.4) is 0 Å². The minimum absolute atomic E-state index is 0.0416. The maximum absolute atomic E-state index is 12.4. The Morgan fingerprint density at radius 2 is 2.31 bits per heavy atom. The van der Waals surface area contributed by atoms with Gasteiger partial charge >= 0.3 is 0 Å². The quantitative estimate of drug-likeness (QED) is 0.790. The van der Waals surface area contributed by atoms with E-state index in [0.29, 0.717) is 31.7 Å². The number of hydrogen-bond acceptors (Lipinski definition) is 6. The summed E-state index contributed by atoms with van der Waals surface area (Å²) in [6, 6.07) is 1.73. The van der Waals surface area contributed by atoms with Crippen LogP contribution in [0.2, 0.25) is 0 Å². The van der Waals surface area contributed by atoms with Crippen molar-refractivity contribution >= 4 is 17.6 Å². The Kier molecular flexibility index (Phi) is 6.05. The summed E-state index contributed by atoms with van der Waals surface area (Å²) in [4.78, 5) is 30.4. The van der Waals surface area contributed by atoms with Crippen LogP contribution in [0.5, 0.6) is 0 Å². The molecule has 3 N–H and O–H groups in total. The van der Waals surface area contributed by atoms with E-state index in [-0.39, 0.29) is 30.3 Å². The Balaban J connectivity index is 1.56. The van der Waals surface area contributed by atoms with Gasteiger partial charge in [-0.05, 0) is 30.9 Å². The highest BCUT2D eigenvalue weighted by Crippen LogP contribution is 2.22. The zero-order chi connectivity index (χ0) is 18.5. The van der Waals surface area contributed by atoms with Crippen LogP contribution in [0.1, 0.15) is 40.9 Å². The summed E-state index contributed by atoms with van der Waals surface area (Å²) in [6.07, 6.45) is 3.94. The third kappa shape index (κ3) is 4.31. The summed E-state index contributed by atoms with van der Waals surface area (Å²) in [7, 11) is 1.55. The number of nitrogens with one attached hydrogen (secondary N) is 1. The maximum Gasteiger partial charge on any atom is 0.254 e. The monoisotopic (exact) mass is 362 g/mol. The lowest BCUT2D eigenvalue weighted by Crippen LogP contribution is -2.39. The molecule has 2 aliphatic rings. The molecule has 2 amide bonds. The van der Waals surface area contributed by atoms with Gasteiger partial charge in [-0.1, -0.05) is 0 Å². The van der Waals surface area contributed by atoms with E-state index in [1.54, 1.807) is 18.0 Å². The number of nitrogens with two attached hydrogens (primary N) is 1. The largest absolute Gasteiger partial charge is 0.383 e. The van der Waals surface area contributed by atoms with Crippen molar-refractivity contribution in [3.63, 3.8) is 0 Å². The van der Waals surface area contributed by atoms with Gasteiger partial charge in [-0.25, -0.2) is 4.98 Å².